The molecule has 0 fully saturated rings. The van der Waals surface area contributed by atoms with Gasteiger partial charge in [0.2, 0.25) is 10.0 Å². The summed E-state index contributed by atoms with van der Waals surface area (Å²) in [4.78, 5) is 0.164. The zero-order valence-corrected chi connectivity index (χ0v) is 12.5. The van der Waals surface area contributed by atoms with Crippen LogP contribution in [0.1, 0.15) is 26.7 Å². The van der Waals surface area contributed by atoms with Crippen molar-refractivity contribution >= 4 is 15.7 Å². The van der Waals surface area contributed by atoms with Crippen molar-refractivity contribution in [3.05, 3.63) is 18.2 Å². The number of ether oxygens (including phenoxy) is 1. The summed E-state index contributed by atoms with van der Waals surface area (Å²) >= 11 is 0. The van der Waals surface area contributed by atoms with Crippen LogP contribution >= 0.6 is 0 Å². The molecule has 0 aliphatic heterocycles. The average molecular weight is 286 g/mol. The summed E-state index contributed by atoms with van der Waals surface area (Å²) in [6.45, 7) is 4.54. The van der Waals surface area contributed by atoms with E-state index in [1.54, 1.807) is 6.07 Å². The Morgan fingerprint density at radius 2 is 1.95 bits per heavy atom. The van der Waals surface area contributed by atoms with Crippen LogP contribution in [-0.2, 0) is 10.0 Å². The summed E-state index contributed by atoms with van der Waals surface area (Å²) in [5, 5.41) is 0. The van der Waals surface area contributed by atoms with Crippen LogP contribution in [0.15, 0.2) is 23.1 Å². The van der Waals surface area contributed by atoms with E-state index in [-0.39, 0.29) is 4.90 Å². The second-order valence-electron chi connectivity index (χ2n) is 4.44. The van der Waals surface area contributed by atoms with Gasteiger partial charge >= 0.3 is 0 Å². The number of methoxy groups -OCH3 is 1. The van der Waals surface area contributed by atoms with E-state index >= 15 is 0 Å². The Balaban J connectivity index is 2.85. The van der Waals surface area contributed by atoms with Gasteiger partial charge in [-0.25, -0.2) is 13.1 Å². The Labute approximate surface area is 115 Å². The number of benzene rings is 1. The van der Waals surface area contributed by atoms with E-state index < -0.39 is 10.0 Å². The van der Waals surface area contributed by atoms with Crippen LogP contribution in [0.2, 0.25) is 0 Å². The molecule has 6 heteroatoms. The minimum absolute atomic E-state index is 0.164. The standard InChI is InChI=1S/C13H22N2O3S/c1-4-10(5-2)9-15-19(16,17)11-6-7-13(18-3)12(14)8-11/h6-8,10,15H,4-5,9,14H2,1-3H3. The first-order valence-electron chi connectivity index (χ1n) is 6.37. The monoisotopic (exact) mass is 286 g/mol. The highest BCUT2D eigenvalue weighted by Gasteiger charge is 2.16. The lowest BCUT2D eigenvalue weighted by molar-refractivity contribution is 0.416. The van der Waals surface area contributed by atoms with E-state index in [9.17, 15) is 8.42 Å². The molecule has 0 spiro atoms. The lowest BCUT2D eigenvalue weighted by Gasteiger charge is -2.14. The Hall–Kier alpha value is -1.27. The van der Waals surface area contributed by atoms with E-state index in [4.69, 9.17) is 10.5 Å². The first-order valence-corrected chi connectivity index (χ1v) is 7.86. The predicted molar refractivity (Wildman–Crippen MR) is 76.7 cm³/mol. The van der Waals surface area contributed by atoms with Gasteiger partial charge < -0.3 is 10.5 Å². The van der Waals surface area contributed by atoms with Crippen molar-refractivity contribution in [2.45, 2.75) is 31.6 Å². The van der Waals surface area contributed by atoms with Gasteiger partial charge in [-0.3, -0.25) is 0 Å². The third-order valence-corrected chi connectivity index (χ3v) is 4.65. The van der Waals surface area contributed by atoms with Crippen molar-refractivity contribution < 1.29 is 13.2 Å². The van der Waals surface area contributed by atoms with Crippen molar-refractivity contribution in [1.82, 2.24) is 4.72 Å². The van der Waals surface area contributed by atoms with Crippen LogP contribution in [0.5, 0.6) is 5.75 Å². The Morgan fingerprint density at radius 3 is 2.42 bits per heavy atom. The molecule has 3 N–H and O–H groups in total. The van der Waals surface area contributed by atoms with Crippen molar-refractivity contribution in [3.8, 4) is 5.75 Å². The fraction of sp³-hybridized carbons (Fsp3) is 0.538. The zero-order chi connectivity index (χ0) is 14.5. The number of anilines is 1. The third kappa shape index (κ3) is 4.11. The molecule has 0 unspecified atom stereocenters. The van der Waals surface area contributed by atoms with Gasteiger partial charge in [0, 0.05) is 6.54 Å². The smallest absolute Gasteiger partial charge is 0.240 e. The largest absolute Gasteiger partial charge is 0.495 e. The van der Waals surface area contributed by atoms with Gasteiger partial charge in [0.05, 0.1) is 17.7 Å². The maximum atomic E-state index is 12.1. The van der Waals surface area contributed by atoms with Crippen molar-refractivity contribution in [2.24, 2.45) is 5.92 Å². The maximum absolute atomic E-state index is 12.1. The van der Waals surface area contributed by atoms with Gasteiger partial charge in [0.15, 0.2) is 0 Å². The molecule has 0 atom stereocenters. The molecule has 1 rings (SSSR count). The third-order valence-electron chi connectivity index (χ3n) is 3.23. The summed E-state index contributed by atoms with van der Waals surface area (Å²) < 4.78 is 31.8. The summed E-state index contributed by atoms with van der Waals surface area (Å²) in [5.41, 5.74) is 6.03. The quantitative estimate of drug-likeness (QED) is 0.751. The number of nitrogens with one attached hydrogen (secondary N) is 1. The van der Waals surface area contributed by atoms with Crippen LogP contribution < -0.4 is 15.2 Å². The molecule has 1 aromatic rings. The van der Waals surface area contributed by atoms with E-state index in [1.165, 1.54) is 19.2 Å². The Kier molecular flexibility index (Phi) is 5.62. The Morgan fingerprint density at radius 1 is 1.32 bits per heavy atom. The maximum Gasteiger partial charge on any atom is 0.240 e. The van der Waals surface area contributed by atoms with Crippen LogP contribution in [0.3, 0.4) is 0 Å². The number of nitrogens with two attached hydrogens (primary N) is 1. The minimum Gasteiger partial charge on any atom is -0.495 e. The second-order valence-corrected chi connectivity index (χ2v) is 6.21. The van der Waals surface area contributed by atoms with Gasteiger partial charge in [-0.1, -0.05) is 26.7 Å². The molecule has 0 heterocycles. The van der Waals surface area contributed by atoms with Gasteiger partial charge in [-0.15, -0.1) is 0 Å². The van der Waals surface area contributed by atoms with Gasteiger partial charge in [0.1, 0.15) is 5.75 Å². The molecular formula is C13H22N2O3S. The minimum atomic E-state index is -3.51. The lowest BCUT2D eigenvalue weighted by Crippen LogP contribution is -2.29. The van der Waals surface area contributed by atoms with Crippen molar-refractivity contribution in [1.29, 1.82) is 0 Å². The fourth-order valence-corrected chi connectivity index (χ4v) is 2.92. The van der Waals surface area contributed by atoms with Crippen molar-refractivity contribution in [3.63, 3.8) is 0 Å². The van der Waals surface area contributed by atoms with E-state index in [0.29, 0.717) is 23.9 Å². The summed E-state index contributed by atoms with van der Waals surface area (Å²) in [6.07, 6.45) is 1.90. The molecular weight excluding hydrogens is 264 g/mol. The van der Waals surface area contributed by atoms with Crippen LogP contribution in [0.4, 0.5) is 5.69 Å². The lowest BCUT2D eigenvalue weighted by atomic mass is 10.0. The van der Waals surface area contributed by atoms with Crippen LogP contribution in [0, 0.1) is 5.92 Å². The summed E-state index contributed by atoms with van der Waals surface area (Å²) in [7, 11) is -2.02. The first kappa shape index (κ1) is 15.8. The summed E-state index contributed by atoms with van der Waals surface area (Å²) in [6, 6.07) is 4.46. The molecule has 108 valence electrons. The second kappa shape index (κ2) is 6.77. The van der Waals surface area contributed by atoms with Crippen molar-refractivity contribution in [2.75, 3.05) is 19.4 Å². The van der Waals surface area contributed by atoms with Gasteiger partial charge in [0.25, 0.3) is 0 Å². The molecule has 0 saturated heterocycles. The molecule has 0 bridgehead atoms. The molecule has 19 heavy (non-hydrogen) atoms. The summed E-state index contributed by atoms with van der Waals surface area (Å²) in [5.74, 6) is 0.823. The molecule has 0 aromatic heterocycles. The first-order chi connectivity index (χ1) is 8.94. The SMILES string of the molecule is CCC(CC)CNS(=O)(=O)c1ccc(OC)c(N)c1. The molecule has 0 aliphatic carbocycles. The van der Waals surface area contributed by atoms with E-state index in [2.05, 4.69) is 4.72 Å². The van der Waals surface area contributed by atoms with Crippen LogP contribution in [0.25, 0.3) is 0 Å². The highest BCUT2D eigenvalue weighted by molar-refractivity contribution is 7.89. The van der Waals surface area contributed by atoms with E-state index in [1.807, 2.05) is 13.8 Å². The highest BCUT2D eigenvalue weighted by Crippen LogP contribution is 2.24. The molecule has 0 saturated carbocycles. The predicted octanol–water partition coefficient (Wildman–Crippen LogP) is 1.99. The number of hydrogen-bond acceptors (Lipinski definition) is 4. The Bertz CT molecular complexity index is 511. The van der Waals surface area contributed by atoms with Gasteiger partial charge in [-0.2, -0.15) is 0 Å². The molecule has 5 nitrogen and oxygen atoms in total. The number of hydrogen-bond donors (Lipinski definition) is 2. The van der Waals surface area contributed by atoms with Gasteiger partial charge in [-0.05, 0) is 24.1 Å². The molecule has 0 radical (unpaired) electrons. The number of nitrogen functional groups attached to an aromatic ring is 1. The number of sulfonamides is 1. The average Bonchev–Trinajstić information content (AvgIpc) is 2.39. The molecule has 0 aliphatic rings. The fourth-order valence-electron chi connectivity index (χ4n) is 1.77. The highest BCUT2D eigenvalue weighted by atomic mass is 32.2. The zero-order valence-electron chi connectivity index (χ0n) is 11.6. The number of rotatable bonds is 7. The van der Waals surface area contributed by atoms with Crippen LogP contribution in [-0.4, -0.2) is 22.1 Å². The molecule has 1 aromatic carbocycles. The normalized spacial score (nSPS) is 11.8. The topological polar surface area (TPSA) is 81.4 Å². The molecule has 0 amide bonds. The van der Waals surface area contributed by atoms with E-state index in [0.717, 1.165) is 12.8 Å².